The first-order chi connectivity index (χ1) is 14.5. The van der Waals surface area contributed by atoms with Gasteiger partial charge in [-0.1, -0.05) is 24.3 Å². The molecule has 0 atom stereocenters. The normalized spacial score (nSPS) is 10.8. The lowest BCUT2D eigenvalue weighted by molar-refractivity contribution is 0.0827. The molecule has 8 heteroatoms. The van der Waals surface area contributed by atoms with E-state index >= 15 is 0 Å². The summed E-state index contributed by atoms with van der Waals surface area (Å²) in [5.41, 5.74) is 2.94. The van der Waals surface area contributed by atoms with Crippen LogP contribution in [0.15, 0.2) is 53.5 Å². The highest BCUT2D eigenvalue weighted by Crippen LogP contribution is 2.12. The quantitative estimate of drug-likeness (QED) is 0.210. The lowest BCUT2D eigenvalue weighted by Crippen LogP contribution is -2.37. The number of carbonyl (C=O) groups is 1. The zero-order chi connectivity index (χ0) is 21.8. The Morgan fingerprint density at radius 3 is 2.42 bits per heavy atom. The molecule has 1 amide bonds. The van der Waals surface area contributed by atoms with E-state index < -0.39 is 0 Å². The molecule has 0 heterocycles. The Morgan fingerprint density at radius 1 is 1.03 bits per heavy atom. The van der Waals surface area contributed by atoms with E-state index in [1.807, 2.05) is 48.5 Å². The van der Waals surface area contributed by atoms with Gasteiger partial charge in [-0.15, -0.1) is 24.0 Å². The predicted molar refractivity (Wildman–Crippen MR) is 136 cm³/mol. The van der Waals surface area contributed by atoms with Crippen LogP contribution in [0, 0.1) is 0 Å². The summed E-state index contributed by atoms with van der Waals surface area (Å²) >= 11 is 0. The van der Waals surface area contributed by atoms with Gasteiger partial charge in [-0.3, -0.25) is 9.79 Å². The topological polar surface area (TPSA) is 75.2 Å². The molecule has 2 aromatic rings. The van der Waals surface area contributed by atoms with Gasteiger partial charge in [-0.2, -0.15) is 0 Å². The Hall–Kier alpha value is -2.33. The van der Waals surface area contributed by atoms with Gasteiger partial charge in [0.25, 0.3) is 5.91 Å². The van der Waals surface area contributed by atoms with Crippen molar-refractivity contribution < 1.29 is 14.3 Å². The highest BCUT2D eigenvalue weighted by molar-refractivity contribution is 14.0. The maximum absolute atomic E-state index is 12.1. The Labute approximate surface area is 202 Å². The maximum Gasteiger partial charge on any atom is 0.253 e. The van der Waals surface area contributed by atoms with Gasteiger partial charge in [-0.25, -0.2) is 0 Å². The maximum atomic E-state index is 12.1. The number of rotatable bonds is 10. The molecule has 0 saturated heterocycles. The van der Waals surface area contributed by atoms with E-state index in [1.165, 1.54) is 0 Å². The fourth-order valence-corrected chi connectivity index (χ4v) is 2.80. The van der Waals surface area contributed by atoms with Gasteiger partial charge >= 0.3 is 0 Å². The van der Waals surface area contributed by atoms with Gasteiger partial charge in [0.1, 0.15) is 12.4 Å². The number of methoxy groups -OCH3 is 1. The number of benzene rings is 2. The zero-order valence-electron chi connectivity index (χ0n) is 18.7. The Balaban J connectivity index is 0.00000480. The number of nitrogens with one attached hydrogen (secondary N) is 2. The van der Waals surface area contributed by atoms with Gasteiger partial charge in [-0.05, 0) is 41.8 Å². The van der Waals surface area contributed by atoms with Crippen molar-refractivity contribution in [3.8, 4) is 5.75 Å². The van der Waals surface area contributed by atoms with E-state index in [0.717, 1.165) is 29.3 Å². The lowest BCUT2D eigenvalue weighted by Gasteiger charge is -2.13. The standard InChI is InChI=1S/C23H32N4O3.HI/c1-24-23(26-17-19-8-10-21(11-9-19)30-15-14-29-4)25-13-12-18-6-5-7-20(16-18)22(28)27(2)3;/h5-11,16H,12-15,17H2,1-4H3,(H2,24,25,26);1H. The minimum absolute atomic E-state index is 0. The largest absolute Gasteiger partial charge is 0.491 e. The summed E-state index contributed by atoms with van der Waals surface area (Å²) in [6, 6.07) is 15.7. The second kappa shape index (κ2) is 14.6. The smallest absolute Gasteiger partial charge is 0.253 e. The molecule has 0 aliphatic rings. The molecule has 170 valence electrons. The second-order valence-corrected chi connectivity index (χ2v) is 6.99. The molecule has 0 fully saturated rings. The molecule has 0 bridgehead atoms. The third-order valence-corrected chi connectivity index (χ3v) is 4.45. The minimum atomic E-state index is 0. The first kappa shape index (κ1) is 26.7. The molecule has 31 heavy (non-hydrogen) atoms. The second-order valence-electron chi connectivity index (χ2n) is 6.99. The van der Waals surface area contributed by atoms with Crippen molar-refractivity contribution in [3.05, 3.63) is 65.2 Å². The van der Waals surface area contributed by atoms with Crippen molar-refractivity contribution in [3.63, 3.8) is 0 Å². The number of ether oxygens (including phenoxy) is 2. The molecule has 2 aromatic carbocycles. The monoisotopic (exact) mass is 540 g/mol. The average Bonchev–Trinajstić information content (AvgIpc) is 2.76. The van der Waals surface area contributed by atoms with Gasteiger partial charge in [0.15, 0.2) is 5.96 Å². The van der Waals surface area contributed by atoms with Crippen LogP contribution in [-0.2, 0) is 17.7 Å². The highest BCUT2D eigenvalue weighted by Gasteiger charge is 2.08. The van der Waals surface area contributed by atoms with Crippen molar-refractivity contribution in [2.45, 2.75) is 13.0 Å². The summed E-state index contributed by atoms with van der Waals surface area (Å²) in [6.45, 7) is 2.48. The van der Waals surface area contributed by atoms with Crippen LogP contribution in [0.1, 0.15) is 21.5 Å². The number of halogens is 1. The zero-order valence-corrected chi connectivity index (χ0v) is 21.0. The van der Waals surface area contributed by atoms with E-state index in [2.05, 4.69) is 15.6 Å². The summed E-state index contributed by atoms with van der Waals surface area (Å²) < 4.78 is 10.6. The SMILES string of the molecule is CN=C(NCCc1cccc(C(=O)N(C)C)c1)NCc1ccc(OCCOC)cc1.I. The molecular formula is C23H33IN4O3. The van der Waals surface area contributed by atoms with Crippen LogP contribution in [0.3, 0.4) is 0 Å². The lowest BCUT2D eigenvalue weighted by atomic mass is 10.1. The van der Waals surface area contributed by atoms with Crippen LogP contribution < -0.4 is 15.4 Å². The van der Waals surface area contributed by atoms with Gasteiger partial charge in [0, 0.05) is 46.9 Å². The van der Waals surface area contributed by atoms with Crippen LogP contribution in [0.4, 0.5) is 0 Å². The van der Waals surface area contributed by atoms with Crippen LogP contribution in [-0.4, -0.2) is 64.8 Å². The average molecular weight is 540 g/mol. The molecule has 2 N–H and O–H groups in total. The number of nitrogens with zero attached hydrogens (tertiary/aromatic N) is 2. The molecule has 0 saturated carbocycles. The third-order valence-electron chi connectivity index (χ3n) is 4.45. The Bertz CT molecular complexity index is 826. The van der Waals surface area contributed by atoms with E-state index in [-0.39, 0.29) is 29.9 Å². The molecule has 0 aromatic heterocycles. The Kier molecular flexibility index (Phi) is 12.6. The van der Waals surface area contributed by atoms with Crippen LogP contribution in [0.2, 0.25) is 0 Å². The van der Waals surface area contributed by atoms with E-state index in [4.69, 9.17) is 9.47 Å². The number of hydrogen-bond acceptors (Lipinski definition) is 4. The summed E-state index contributed by atoms with van der Waals surface area (Å²) in [5.74, 6) is 1.57. The molecule has 0 radical (unpaired) electrons. The number of carbonyl (C=O) groups excluding carboxylic acids is 1. The first-order valence-electron chi connectivity index (χ1n) is 9.99. The number of aliphatic imine (C=N–C) groups is 1. The third kappa shape index (κ3) is 9.56. The molecule has 0 spiro atoms. The number of amides is 1. The van der Waals surface area contributed by atoms with Gasteiger partial charge in [0.2, 0.25) is 0 Å². The van der Waals surface area contributed by atoms with Crippen LogP contribution in [0.25, 0.3) is 0 Å². The summed E-state index contributed by atoms with van der Waals surface area (Å²) in [5, 5.41) is 6.62. The van der Waals surface area contributed by atoms with E-state index in [9.17, 15) is 4.79 Å². The van der Waals surface area contributed by atoms with Crippen LogP contribution >= 0.6 is 24.0 Å². The van der Waals surface area contributed by atoms with E-state index in [1.54, 1.807) is 33.2 Å². The minimum Gasteiger partial charge on any atom is -0.491 e. The summed E-state index contributed by atoms with van der Waals surface area (Å²) in [4.78, 5) is 17.9. The van der Waals surface area contributed by atoms with Gasteiger partial charge in [0.05, 0.1) is 6.61 Å². The molecule has 0 aliphatic heterocycles. The molecule has 2 rings (SSSR count). The van der Waals surface area contributed by atoms with Crippen molar-refractivity contribution >= 4 is 35.8 Å². The summed E-state index contributed by atoms with van der Waals surface area (Å²) in [7, 11) is 6.92. The molecule has 0 unspecified atom stereocenters. The van der Waals surface area contributed by atoms with Gasteiger partial charge < -0.3 is 25.0 Å². The fourth-order valence-electron chi connectivity index (χ4n) is 2.80. The number of hydrogen-bond donors (Lipinski definition) is 2. The molecule has 7 nitrogen and oxygen atoms in total. The Morgan fingerprint density at radius 2 is 1.77 bits per heavy atom. The highest BCUT2D eigenvalue weighted by atomic mass is 127. The van der Waals surface area contributed by atoms with Crippen LogP contribution in [0.5, 0.6) is 5.75 Å². The van der Waals surface area contributed by atoms with Crippen molar-refractivity contribution in [2.75, 3.05) is 48.0 Å². The van der Waals surface area contributed by atoms with Crippen molar-refractivity contribution in [1.29, 1.82) is 0 Å². The van der Waals surface area contributed by atoms with E-state index in [0.29, 0.717) is 31.9 Å². The summed E-state index contributed by atoms with van der Waals surface area (Å²) in [6.07, 6.45) is 0.794. The van der Waals surface area contributed by atoms with Crippen molar-refractivity contribution in [2.24, 2.45) is 4.99 Å². The van der Waals surface area contributed by atoms with Crippen molar-refractivity contribution in [1.82, 2.24) is 15.5 Å². The fraction of sp³-hybridized carbons (Fsp3) is 0.391. The molecular weight excluding hydrogens is 507 g/mol. The molecule has 0 aliphatic carbocycles. The number of guanidine groups is 1. The first-order valence-corrected chi connectivity index (χ1v) is 9.99. The predicted octanol–water partition coefficient (Wildman–Crippen LogP) is 2.94.